The van der Waals surface area contributed by atoms with Crippen LogP contribution in [0, 0.1) is 17.8 Å². The average molecular weight is 451 g/mol. The van der Waals surface area contributed by atoms with Crippen LogP contribution >= 0.6 is 0 Å². The lowest BCUT2D eigenvalue weighted by Crippen LogP contribution is -2.51. The van der Waals surface area contributed by atoms with Crippen LogP contribution in [0.25, 0.3) is 0 Å². The van der Waals surface area contributed by atoms with Crippen LogP contribution in [-0.4, -0.2) is 56.7 Å². The molecule has 0 aromatic carbocycles. The summed E-state index contributed by atoms with van der Waals surface area (Å²) in [7, 11) is -3.46. The molecule has 1 aliphatic heterocycles. The summed E-state index contributed by atoms with van der Waals surface area (Å²) in [5.74, 6) is -2.99. The van der Waals surface area contributed by atoms with Gasteiger partial charge in [0.15, 0.2) is 0 Å². The molecule has 0 spiro atoms. The average Bonchev–Trinajstić information content (AvgIpc) is 2.96. The SMILES string of the molecule is CS(=O)(=O)NCC1NN(C2CCC(C(F)(F)F)CC2)C2CC(C(F)(F)F)CCC12. The van der Waals surface area contributed by atoms with Crippen LogP contribution in [0.2, 0.25) is 0 Å². The molecule has 3 aliphatic rings. The number of hydrogen-bond acceptors (Lipinski definition) is 4. The van der Waals surface area contributed by atoms with Crippen molar-refractivity contribution in [3.63, 3.8) is 0 Å². The monoisotopic (exact) mass is 451 g/mol. The minimum absolute atomic E-state index is 0.0175. The van der Waals surface area contributed by atoms with Crippen molar-refractivity contribution in [3.05, 3.63) is 0 Å². The Labute approximate surface area is 166 Å². The van der Waals surface area contributed by atoms with E-state index in [2.05, 4.69) is 10.1 Å². The van der Waals surface area contributed by atoms with Gasteiger partial charge in [-0.25, -0.2) is 23.6 Å². The molecule has 5 nitrogen and oxygen atoms in total. The van der Waals surface area contributed by atoms with Gasteiger partial charge in [-0.1, -0.05) is 0 Å². The van der Waals surface area contributed by atoms with Crippen molar-refractivity contribution in [2.24, 2.45) is 17.8 Å². The number of fused-ring (bicyclic) bond motifs is 1. The summed E-state index contributed by atoms with van der Waals surface area (Å²) in [6.45, 7) is 0.0467. The van der Waals surface area contributed by atoms with Gasteiger partial charge in [0.05, 0.1) is 18.1 Å². The number of nitrogens with one attached hydrogen (secondary N) is 2. The summed E-state index contributed by atoms with van der Waals surface area (Å²) in [5, 5.41) is 1.73. The number of hydrogen-bond donors (Lipinski definition) is 2. The molecule has 0 amide bonds. The van der Waals surface area contributed by atoms with Gasteiger partial charge in [-0.3, -0.25) is 0 Å². The number of halogens is 6. The van der Waals surface area contributed by atoms with E-state index >= 15 is 0 Å². The molecule has 3 rings (SSSR count). The molecular weight excluding hydrogens is 424 g/mol. The Morgan fingerprint density at radius 2 is 1.48 bits per heavy atom. The van der Waals surface area contributed by atoms with E-state index in [0.29, 0.717) is 6.42 Å². The molecular formula is C17H27F6N3O2S. The highest BCUT2D eigenvalue weighted by Gasteiger charge is 2.53. The lowest BCUT2D eigenvalue weighted by atomic mass is 9.75. The Morgan fingerprint density at radius 1 is 0.931 bits per heavy atom. The smallest absolute Gasteiger partial charge is 0.250 e. The van der Waals surface area contributed by atoms with Crippen LogP contribution in [0.3, 0.4) is 0 Å². The van der Waals surface area contributed by atoms with Gasteiger partial charge in [0.25, 0.3) is 0 Å². The van der Waals surface area contributed by atoms with Crippen LogP contribution in [0.1, 0.15) is 44.9 Å². The molecule has 0 aromatic heterocycles. The lowest BCUT2D eigenvalue weighted by Gasteiger charge is -2.41. The Morgan fingerprint density at radius 3 is 2.00 bits per heavy atom. The van der Waals surface area contributed by atoms with Gasteiger partial charge >= 0.3 is 12.4 Å². The van der Waals surface area contributed by atoms with Gasteiger partial charge in [0.1, 0.15) is 0 Å². The summed E-state index contributed by atoms with van der Waals surface area (Å²) in [6.07, 6.45) is -6.97. The highest BCUT2D eigenvalue weighted by atomic mass is 32.2. The second kappa shape index (κ2) is 8.16. The number of rotatable bonds is 4. The first-order valence-electron chi connectivity index (χ1n) is 9.88. The first-order chi connectivity index (χ1) is 13.3. The Kier molecular flexibility index (Phi) is 6.49. The van der Waals surface area contributed by atoms with Crippen molar-refractivity contribution in [1.29, 1.82) is 0 Å². The van der Waals surface area contributed by atoms with Crippen molar-refractivity contribution in [3.8, 4) is 0 Å². The maximum absolute atomic E-state index is 13.3. The predicted octanol–water partition coefficient (Wildman–Crippen LogP) is 3.19. The Bertz CT molecular complexity index is 676. The summed E-state index contributed by atoms with van der Waals surface area (Å²) >= 11 is 0. The molecule has 2 saturated carbocycles. The molecule has 0 radical (unpaired) electrons. The summed E-state index contributed by atoms with van der Waals surface area (Å²) in [6, 6.07) is -1.12. The van der Waals surface area contributed by atoms with E-state index in [0.717, 1.165) is 6.26 Å². The quantitative estimate of drug-likeness (QED) is 0.645. The molecule has 2 N–H and O–H groups in total. The normalized spacial score (nSPS) is 37.5. The summed E-state index contributed by atoms with van der Waals surface area (Å²) in [5.41, 5.74) is 3.16. The van der Waals surface area contributed by atoms with Crippen LogP contribution in [0.15, 0.2) is 0 Å². The Hall–Kier alpha value is -0.590. The third-order valence-corrected chi connectivity index (χ3v) is 7.33. The molecule has 3 fully saturated rings. The van der Waals surface area contributed by atoms with E-state index < -0.39 is 40.3 Å². The topological polar surface area (TPSA) is 61.4 Å². The molecule has 2 aliphatic carbocycles. The second-order valence-electron chi connectivity index (χ2n) is 8.59. The zero-order valence-corrected chi connectivity index (χ0v) is 16.9. The number of nitrogens with zero attached hydrogens (tertiary/aromatic N) is 1. The van der Waals surface area contributed by atoms with Gasteiger partial charge < -0.3 is 0 Å². The van der Waals surface area contributed by atoms with Gasteiger partial charge in [-0.2, -0.15) is 26.3 Å². The lowest BCUT2D eigenvalue weighted by molar-refractivity contribution is -0.193. The first-order valence-corrected chi connectivity index (χ1v) is 11.8. The molecule has 12 heteroatoms. The highest BCUT2D eigenvalue weighted by Crippen LogP contribution is 2.46. The molecule has 170 valence electrons. The number of hydrazine groups is 1. The maximum Gasteiger partial charge on any atom is 0.391 e. The van der Waals surface area contributed by atoms with Gasteiger partial charge in [-0.15, -0.1) is 0 Å². The maximum atomic E-state index is 13.3. The van der Waals surface area contributed by atoms with E-state index in [9.17, 15) is 34.8 Å². The standard InChI is InChI=1S/C17H27F6N3O2S/c1-29(27,28)24-9-14-13-7-4-11(17(21,22)23)8-15(13)26(25-14)12-5-2-10(3-6-12)16(18,19)20/h10-15,24-25H,2-9H2,1H3. The third kappa shape index (κ3) is 5.56. The molecule has 0 bridgehead atoms. The van der Waals surface area contributed by atoms with E-state index in [-0.39, 0.29) is 63.1 Å². The zero-order chi connectivity index (χ0) is 21.6. The molecule has 0 aromatic rings. The molecule has 1 saturated heterocycles. The van der Waals surface area contributed by atoms with Crippen LogP contribution in [0.4, 0.5) is 26.3 Å². The second-order valence-corrected chi connectivity index (χ2v) is 10.4. The van der Waals surface area contributed by atoms with Gasteiger partial charge in [0, 0.05) is 24.7 Å². The number of alkyl halides is 6. The fraction of sp³-hybridized carbons (Fsp3) is 1.00. The third-order valence-electron chi connectivity index (χ3n) is 6.64. The largest absolute Gasteiger partial charge is 0.391 e. The minimum atomic E-state index is -4.31. The fourth-order valence-electron chi connectivity index (χ4n) is 5.14. The van der Waals surface area contributed by atoms with Gasteiger partial charge in [0.2, 0.25) is 10.0 Å². The van der Waals surface area contributed by atoms with E-state index in [4.69, 9.17) is 0 Å². The first kappa shape index (κ1) is 23.1. The van der Waals surface area contributed by atoms with E-state index in [1.54, 1.807) is 5.01 Å². The van der Waals surface area contributed by atoms with Crippen LogP contribution in [-0.2, 0) is 10.0 Å². The minimum Gasteiger partial charge on any atom is -0.250 e. The van der Waals surface area contributed by atoms with Crippen molar-refractivity contribution < 1.29 is 34.8 Å². The summed E-state index contributed by atoms with van der Waals surface area (Å²) in [4.78, 5) is 0. The zero-order valence-electron chi connectivity index (χ0n) is 16.1. The Balaban J connectivity index is 1.72. The highest BCUT2D eigenvalue weighted by molar-refractivity contribution is 7.88. The predicted molar refractivity (Wildman–Crippen MR) is 94.1 cm³/mol. The molecule has 4 unspecified atom stereocenters. The fourth-order valence-corrected chi connectivity index (χ4v) is 5.62. The van der Waals surface area contributed by atoms with Crippen LogP contribution < -0.4 is 10.1 Å². The van der Waals surface area contributed by atoms with Crippen molar-refractivity contribution >= 4 is 10.0 Å². The molecule has 4 atom stereocenters. The van der Waals surface area contributed by atoms with Crippen molar-refractivity contribution in [2.45, 2.75) is 75.4 Å². The summed E-state index contributed by atoms with van der Waals surface area (Å²) < 4.78 is 104. The number of sulfonamides is 1. The van der Waals surface area contributed by atoms with Gasteiger partial charge in [-0.05, 0) is 50.9 Å². The van der Waals surface area contributed by atoms with Crippen molar-refractivity contribution in [2.75, 3.05) is 12.8 Å². The van der Waals surface area contributed by atoms with Crippen LogP contribution in [0.5, 0.6) is 0 Å². The molecule has 29 heavy (non-hydrogen) atoms. The van der Waals surface area contributed by atoms with Crippen molar-refractivity contribution in [1.82, 2.24) is 15.2 Å². The van der Waals surface area contributed by atoms with E-state index in [1.165, 1.54) is 0 Å². The van der Waals surface area contributed by atoms with E-state index in [1.807, 2.05) is 0 Å². The molecule has 1 heterocycles.